The molecule has 166 valence electrons. The normalized spacial score (nSPS) is 14.4. The molecule has 2 N–H and O–H groups in total. The second-order valence-corrected chi connectivity index (χ2v) is 8.00. The summed E-state index contributed by atoms with van der Waals surface area (Å²) in [6.07, 6.45) is 4.17. The quantitative estimate of drug-likeness (QED) is 0.521. The van der Waals surface area contributed by atoms with Crippen molar-refractivity contribution in [1.82, 2.24) is 15.5 Å². The molecule has 3 rings (SSSR count). The van der Waals surface area contributed by atoms with Crippen LogP contribution in [-0.2, 0) is 13.0 Å². The number of guanidine groups is 1. The molecule has 1 heterocycles. The Bertz CT molecular complexity index is 906. The number of piperidine rings is 1. The van der Waals surface area contributed by atoms with Crippen LogP contribution in [0.4, 0.5) is 4.39 Å². The Morgan fingerprint density at radius 3 is 2.65 bits per heavy atom. The molecule has 0 atom stereocenters. The summed E-state index contributed by atoms with van der Waals surface area (Å²) in [4.78, 5) is 19.4. The Labute approximate surface area is 184 Å². The van der Waals surface area contributed by atoms with Gasteiger partial charge in [0, 0.05) is 31.7 Å². The minimum Gasteiger partial charge on any atom is -0.357 e. The van der Waals surface area contributed by atoms with Gasteiger partial charge in [-0.1, -0.05) is 18.2 Å². The number of rotatable bonds is 7. The van der Waals surface area contributed by atoms with E-state index in [2.05, 4.69) is 15.6 Å². The van der Waals surface area contributed by atoms with E-state index >= 15 is 0 Å². The average Bonchev–Trinajstić information content (AvgIpc) is 2.79. The summed E-state index contributed by atoms with van der Waals surface area (Å²) in [5, 5.41) is 6.60. The number of amides is 1. The highest BCUT2D eigenvalue weighted by Gasteiger charge is 2.18. The lowest BCUT2D eigenvalue weighted by Gasteiger charge is -2.26. The Balaban J connectivity index is 1.58. The Kier molecular flexibility index (Phi) is 8.44. The predicted octanol–water partition coefficient (Wildman–Crippen LogP) is 4.06. The molecule has 1 amide bonds. The van der Waals surface area contributed by atoms with Gasteiger partial charge in [-0.15, -0.1) is 0 Å². The molecule has 0 aliphatic carbocycles. The standard InChI is InChI=1S/C25H33FN4O/c1-3-27-25(28-13-12-21-10-11-23(26)16-19(21)2)29-18-20-8-7-9-22(17-20)24(31)30-14-5-4-6-15-30/h7-11,16-17H,3-6,12-15,18H2,1-2H3,(H2,27,28,29). The van der Waals surface area contributed by atoms with E-state index in [-0.39, 0.29) is 11.7 Å². The second kappa shape index (κ2) is 11.5. The van der Waals surface area contributed by atoms with Crippen molar-refractivity contribution in [3.63, 3.8) is 0 Å². The lowest BCUT2D eigenvalue weighted by Crippen LogP contribution is -2.38. The molecular weight excluding hydrogens is 391 g/mol. The first-order valence-corrected chi connectivity index (χ1v) is 11.2. The van der Waals surface area contributed by atoms with Gasteiger partial charge >= 0.3 is 0 Å². The first-order chi connectivity index (χ1) is 15.1. The number of nitrogens with one attached hydrogen (secondary N) is 2. The summed E-state index contributed by atoms with van der Waals surface area (Å²) in [5.41, 5.74) is 3.82. The van der Waals surface area contributed by atoms with Crippen LogP contribution in [0.25, 0.3) is 0 Å². The summed E-state index contributed by atoms with van der Waals surface area (Å²) in [6, 6.07) is 12.7. The Morgan fingerprint density at radius 2 is 1.90 bits per heavy atom. The van der Waals surface area contributed by atoms with Gasteiger partial charge in [0.15, 0.2) is 5.96 Å². The first-order valence-electron chi connectivity index (χ1n) is 11.2. The lowest BCUT2D eigenvalue weighted by atomic mass is 10.1. The summed E-state index contributed by atoms with van der Waals surface area (Å²) in [6.45, 7) is 7.61. The molecule has 6 heteroatoms. The summed E-state index contributed by atoms with van der Waals surface area (Å²) in [7, 11) is 0. The van der Waals surface area contributed by atoms with Gasteiger partial charge in [0.2, 0.25) is 0 Å². The number of hydrogen-bond donors (Lipinski definition) is 2. The summed E-state index contributed by atoms with van der Waals surface area (Å²) < 4.78 is 13.3. The number of aryl methyl sites for hydroxylation is 1. The van der Waals surface area contributed by atoms with E-state index in [1.165, 1.54) is 12.5 Å². The largest absolute Gasteiger partial charge is 0.357 e. The van der Waals surface area contributed by atoms with E-state index < -0.39 is 0 Å². The topological polar surface area (TPSA) is 56.7 Å². The van der Waals surface area contributed by atoms with Gasteiger partial charge < -0.3 is 15.5 Å². The van der Waals surface area contributed by atoms with Crippen LogP contribution in [-0.4, -0.2) is 42.9 Å². The van der Waals surface area contributed by atoms with Crippen molar-refractivity contribution in [2.75, 3.05) is 26.2 Å². The first kappa shape index (κ1) is 22.8. The number of halogens is 1. The van der Waals surface area contributed by atoms with E-state index in [9.17, 15) is 9.18 Å². The molecule has 1 saturated heterocycles. The van der Waals surface area contributed by atoms with Crippen molar-refractivity contribution in [3.05, 3.63) is 70.5 Å². The number of aliphatic imine (C=N–C) groups is 1. The molecule has 1 aliphatic heterocycles. The predicted molar refractivity (Wildman–Crippen MR) is 124 cm³/mol. The molecule has 0 aromatic heterocycles. The maximum atomic E-state index is 13.3. The fraction of sp³-hybridized carbons (Fsp3) is 0.440. The zero-order valence-corrected chi connectivity index (χ0v) is 18.6. The fourth-order valence-electron chi connectivity index (χ4n) is 3.85. The highest BCUT2D eigenvalue weighted by Crippen LogP contribution is 2.15. The molecule has 1 fully saturated rings. The highest BCUT2D eigenvalue weighted by molar-refractivity contribution is 5.94. The minimum atomic E-state index is -0.204. The number of nitrogens with zero attached hydrogens (tertiary/aromatic N) is 2. The molecule has 2 aromatic carbocycles. The van der Waals surface area contributed by atoms with E-state index in [1.807, 2.05) is 49.1 Å². The van der Waals surface area contributed by atoms with Gasteiger partial charge in [0.05, 0.1) is 6.54 Å². The SMILES string of the molecule is CCNC(=NCc1cccc(C(=O)N2CCCCC2)c1)NCCc1ccc(F)cc1C. The number of carbonyl (C=O) groups is 1. The number of carbonyl (C=O) groups excluding carboxylic acids is 1. The summed E-state index contributed by atoms with van der Waals surface area (Å²) >= 11 is 0. The number of hydrogen-bond acceptors (Lipinski definition) is 2. The smallest absolute Gasteiger partial charge is 0.253 e. The molecule has 0 spiro atoms. The molecule has 0 bridgehead atoms. The summed E-state index contributed by atoms with van der Waals surface area (Å²) in [5.74, 6) is 0.644. The molecule has 1 aliphatic rings. The van der Waals surface area contributed by atoms with Crippen LogP contribution in [0.5, 0.6) is 0 Å². The zero-order chi connectivity index (χ0) is 22.1. The van der Waals surface area contributed by atoms with Crippen molar-refractivity contribution in [2.45, 2.75) is 46.1 Å². The Hall–Kier alpha value is -2.89. The fourth-order valence-corrected chi connectivity index (χ4v) is 3.85. The third-order valence-corrected chi connectivity index (χ3v) is 5.57. The lowest BCUT2D eigenvalue weighted by molar-refractivity contribution is 0.0724. The number of benzene rings is 2. The average molecular weight is 425 g/mol. The maximum absolute atomic E-state index is 13.3. The second-order valence-electron chi connectivity index (χ2n) is 8.00. The molecule has 31 heavy (non-hydrogen) atoms. The molecule has 0 radical (unpaired) electrons. The maximum Gasteiger partial charge on any atom is 0.253 e. The van der Waals surface area contributed by atoms with E-state index in [4.69, 9.17) is 0 Å². The van der Waals surface area contributed by atoms with Crippen LogP contribution in [0.2, 0.25) is 0 Å². The van der Waals surface area contributed by atoms with Gasteiger partial charge in [-0.25, -0.2) is 9.38 Å². The molecular formula is C25H33FN4O. The minimum absolute atomic E-state index is 0.116. The zero-order valence-electron chi connectivity index (χ0n) is 18.6. The van der Waals surface area contributed by atoms with Gasteiger partial charge in [0.25, 0.3) is 5.91 Å². The van der Waals surface area contributed by atoms with Crippen LogP contribution in [0, 0.1) is 12.7 Å². The van der Waals surface area contributed by atoms with Crippen molar-refractivity contribution in [2.24, 2.45) is 4.99 Å². The monoisotopic (exact) mass is 424 g/mol. The van der Waals surface area contributed by atoms with Crippen LogP contribution in [0.3, 0.4) is 0 Å². The van der Waals surface area contributed by atoms with Crippen LogP contribution in [0.1, 0.15) is 53.2 Å². The van der Waals surface area contributed by atoms with Gasteiger partial charge in [-0.3, -0.25) is 4.79 Å². The van der Waals surface area contributed by atoms with Crippen molar-refractivity contribution in [3.8, 4) is 0 Å². The molecule has 0 unspecified atom stereocenters. The highest BCUT2D eigenvalue weighted by atomic mass is 19.1. The third kappa shape index (κ3) is 6.81. The molecule has 2 aromatic rings. The number of likely N-dealkylation sites (tertiary alicyclic amines) is 1. The van der Waals surface area contributed by atoms with Crippen LogP contribution in [0.15, 0.2) is 47.5 Å². The van der Waals surface area contributed by atoms with Crippen molar-refractivity contribution in [1.29, 1.82) is 0 Å². The van der Waals surface area contributed by atoms with Crippen LogP contribution < -0.4 is 10.6 Å². The van der Waals surface area contributed by atoms with E-state index in [0.29, 0.717) is 13.1 Å². The van der Waals surface area contributed by atoms with Gasteiger partial charge in [-0.2, -0.15) is 0 Å². The van der Waals surface area contributed by atoms with Gasteiger partial charge in [-0.05, 0) is 80.5 Å². The van der Waals surface area contributed by atoms with E-state index in [1.54, 1.807) is 6.07 Å². The van der Waals surface area contributed by atoms with Crippen LogP contribution >= 0.6 is 0 Å². The van der Waals surface area contributed by atoms with E-state index in [0.717, 1.165) is 67.1 Å². The molecule has 0 saturated carbocycles. The van der Waals surface area contributed by atoms with Crippen molar-refractivity contribution >= 4 is 11.9 Å². The van der Waals surface area contributed by atoms with Gasteiger partial charge in [0.1, 0.15) is 5.82 Å². The molecule has 5 nitrogen and oxygen atoms in total. The third-order valence-electron chi connectivity index (χ3n) is 5.57. The Morgan fingerprint density at radius 1 is 1.10 bits per heavy atom. The van der Waals surface area contributed by atoms with Crippen molar-refractivity contribution < 1.29 is 9.18 Å².